The number of nitrogens with one attached hydrogen (secondary N) is 1. The molecule has 0 atom stereocenters. The van der Waals surface area contributed by atoms with Gasteiger partial charge in [-0.05, 0) is 42.8 Å². The zero-order chi connectivity index (χ0) is 18.2. The fourth-order valence-corrected chi connectivity index (χ4v) is 1.93. The zero-order valence-corrected chi connectivity index (χ0v) is 13.3. The first-order valence-corrected chi connectivity index (χ1v) is 7.20. The molecule has 2 aromatic carbocycles. The van der Waals surface area contributed by atoms with E-state index in [1.54, 1.807) is 31.2 Å². The lowest BCUT2D eigenvalue weighted by atomic mass is 10.1. The van der Waals surface area contributed by atoms with Crippen molar-refractivity contribution in [3.05, 3.63) is 69.8 Å². The number of nitro benzene ring substituents is 1. The topological polar surface area (TPSA) is 118 Å². The quantitative estimate of drug-likeness (QED) is 0.493. The van der Waals surface area contributed by atoms with Crippen molar-refractivity contribution in [2.24, 2.45) is 5.10 Å². The largest absolute Gasteiger partial charge is 0.479 e. The Kier molecular flexibility index (Phi) is 5.79. The second kappa shape index (κ2) is 8.21. The number of nitro groups is 1. The van der Waals surface area contributed by atoms with Crippen molar-refractivity contribution in [1.29, 1.82) is 5.26 Å². The highest BCUT2D eigenvalue weighted by Crippen LogP contribution is 2.14. The van der Waals surface area contributed by atoms with Crippen molar-refractivity contribution in [3.63, 3.8) is 0 Å². The molecule has 0 bridgehead atoms. The predicted octanol–water partition coefficient (Wildman–Crippen LogP) is 2.65. The van der Waals surface area contributed by atoms with Gasteiger partial charge in [0.25, 0.3) is 11.6 Å². The first kappa shape index (κ1) is 17.6. The normalized spacial score (nSPS) is 10.6. The number of hydrazone groups is 1. The Morgan fingerprint density at radius 3 is 2.64 bits per heavy atom. The van der Waals surface area contributed by atoms with Crippen LogP contribution in [0, 0.1) is 21.4 Å². The molecule has 1 amide bonds. The average molecular weight is 338 g/mol. The number of ether oxygens (including phenoxy) is 1. The van der Waals surface area contributed by atoms with Crippen LogP contribution in [0.4, 0.5) is 5.69 Å². The SMILES string of the molecule is C/C(=N/NC(=O)c1cccc([N+](=O)[O-])c1)c1ccc(OCC#N)cc1. The number of nitriles is 1. The van der Waals surface area contributed by atoms with Crippen molar-refractivity contribution in [2.75, 3.05) is 6.61 Å². The maximum absolute atomic E-state index is 12.0. The van der Waals surface area contributed by atoms with E-state index in [1.807, 2.05) is 6.07 Å². The molecule has 0 aliphatic rings. The molecule has 0 saturated carbocycles. The van der Waals surface area contributed by atoms with Crippen LogP contribution in [0.3, 0.4) is 0 Å². The van der Waals surface area contributed by atoms with Gasteiger partial charge in [-0.15, -0.1) is 0 Å². The molecule has 0 aromatic heterocycles. The van der Waals surface area contributed by atoms with Gasteiger partial charge in [0.2, 0.25) is 0 Å². The van der Waals surface area contributed by atoms with Crippen LogP contribution in [0.2, 0.25) is 0 Å². The van der Waals surface area contributed by atoms with E-state index < -0.39 is 10.8 Å². The van der Waals surface area contributed by atoms with Crippen LogP contribution in [0.15, 0.2) is 53.6 Å². The molecular weight excluding hydrogens is 324 g/mol. The summed E-state index contributed by atoms with van der Waals surface area (Å²) in [6.07, 6.45) is 0. The predicted molar refractivity (Wildman–Crippen MR) is 90.3 cm³/mol. The lowest BCUT2D eigenvalue weighted by molar-refractivity contribution is -0.384. The molecule has 1 N–H and O–H groups in total. The molecule has 0 aliphatic heterocycles. The van der Waals surface area contributed by atoms with Crippen molar-refractivity contribution >= 4 is 17.3 Å². The fourth-order valence-electron chi connectivity index (χ4n) is 1.93. The van der Waals surface area contributed by atoms with Crippen molar-refractivity contribution < 1.29 is 14.5 Å². The zero-order valence-electron chi connectivity index (χ0n) is 13.3. The number of nitrogens with zero attached hydrogens (tertiary/aromatic N) is 3. The molecule has 0 unspecified atom stereocenters. The number of benzene rings is 2. The molecule has 25 heavy (non-hydrogen) atoms. The van der Waals surface area contributed by atoms with Crippen LogP contribution in [0.5, 0.6) is 5.75 Å². The van der Waals surface area contributed by atoms with E-state index in [-0.39, 0.29) is 17.9 Å². The van der Waals surface area contributed by atoms with Gasteiger partial charge in [-0.1, -0.05) is 6.07 Å². The summed E-state index contributed by atoms with van der Waals surface area (Å²) in [5, 5.41) is 23.2. The highest BCUT2D eigenvalue weighted by molar-refractivity contribution is 6.01. The lowest BCUT2D eigenvalue weighted by Crippen LogP contribution is -2.19. The minimum Gasteiger partial charge on any atom is -0.479 e. The standard InChI is InChI=1S/C17H14N4O4/c1-12(13-5-7-16(8-6-13)25-10-9-18)19-20-17(22)14-3-2-4-15(11-14)21(23)24/h2-8,11H,10H2,1H3,(H,20,22)/b19-12-. The number of hydrogen-bond donors (Lipinski definition) is 1. The van der Waals surface area contributed by atoms with Crippen molar-refractivity contribution in [1.82, 2.24) is 5.43 Å². The number of amides is 1. The molecule has 0 spiro atoms. The highest BCUT2D eigenvalue weighted by atomic mass is 16.6. The molecule has 8 heteroatoms. The Morgan fingerprint density at radius 2 is 2.00 bits per heavy atom. The smallest absolute Gasteiger partial charge is 0.271 e. The molecule has 126 valence electrons. The molecule has 2 aromatic rings. The van der Waals surface area contributed by atoms with Crippen LogP contribution in [0.1, 0.15) is 22.8 Å². The van der Waals surface area contributed by atoms with Crippen molar-refractivity contribution in [3.8, 4) is 11.8 Å². The highest BCUT2D eigenvalue weighted by Gasteiger charge is 2.11. The Balaban J connectivity index is 2.05. The molecular formula is C17H14N4O4. The van der Waals surface area contributed by atoms with Gasteiger partial charge in [-0.3, -0.25) is 14.9 Å². The summed E-state index contributed by atoms with van der Waals surface area (Å²) in [6.45, 7) is 1.67. The molecule has 0 fully saturated rings. The van der Waals surface area contributed by atoms with E-state index in [1.165, 1.54) is 24.3 Å². The first-order chi connectivity index (χ1) is 12.0. The number of carbonyl (C=O) groups is 1. The van der Waals surface area contributed by atoms with Gasteiger partial charge in [0.15, 0.2) is 6.61 Å². The molecule has 8 nitrogen and oxygen atoms in total. The minimum absolute atomic E-state index is 0.0360. The van der Waals surface area contributed by atoms with Gasteiger partial charge in [0, 0.05) is 17.7 Å². The van der Waals surface area contributed by atoms with Gasteiger partial charge in [0.05, 0.1) is 10.6 Å². The summed E-state index contributed by atoms with van der Waals surface area (Å²) in [5.41, 5.74) is 3.64. The van der Waals surface area contributed by atoms with Gasteiger partial charge in [-0.25, -0.2) is 5.43 Å². The van der Waals surface area contributed by atoms with Crippen LogP contribution < -0.4 is 10.2 Å². The minimum atomic E-state index is -0.568. The van der Waals surface area contributed by atoms with Crippen LogP contribution in [-0.4, -0.2) is 23.1 Å². The lowest BCUT2D eigenvalue weighted by Gasteiger charge is -2.05. The van der Waals surface area contributed by atoms with Gasteiger partial charge in [-0.2, -0.15) is 10.4 Å². The molecule has 0 radical (unpaired) electrons. The summed E-state index contributed by atoms with van der Waals surface area (Å²) >= 11 is 0. The van der Waals surface area contributed by atoms with Crippen molar-refractivity contribution in [2.45, 2.75) is 6.92 Å². The van der Waals surface area contributed by atoms with E-state index >= 15 is 0 Å². The molecule has 0 aliphatic carbocycles. The molecule has 2 rings (SSSR count). The van der Waals surface area contributed by atoms with Gasteiger partial charge >= 0.3 is 0 Å². The monoisotopic (exact) mass is 338 g/mol. The van der Waals surface area contributed by atoms with Gasteiger partial charge < -0.3 is 4.74 Å². The van der Waals surface area contributed by atoms with Crippen LogP contribution >= 0.6 is 0 Å². The van der Waals surface area contributed by atoms with E-state index in [4.69, 9.17) is 10.00 Å². The summed E-state index contributed by atoms with van der Waals surface area (Å²) < 4.78 is 5.15. The fraction of sp³-hybridized carbons (Fsp3) is 0.118. The van der Waals surface area contributed by atoms with E-state index in [0.29, 0.717) is 11.5 Å². The Hall–Kier alpha value is -3.73. The third-order valence-electron chi connectivity index (χ3n) is 3.22. The number of carbonyl (C=O) groups excluding carboxylic acids is 1. The van der Waals surface area contributed by atoms with Gasteiger partial charge in [0.1, 0.15) is 11.8 Å². The Labute approximate surface area is 143 Å². The summed E-state index contributed by atoms with van der Waals surface area (Å²) in [7, 11) is 0. The van der Waals surface area contributed by atoms with Crippen LogP contribution in [-0.2, 0) is 0 Å². The van der Waals surface area contributed by atoms with E-state index in [2.05, 4.69) is 10.5 Å². The summed E-state index contributed by atoms with van der Waals surface area (Å²) in [5.74, 6) is 0.00996. The number of hydrogen-bond acceptors (Lipinski definition) is 6. The van der Waals surface area contributed by atoms with E-state index in [9.17, 15) is 14.9 Å². The number of rotatable bonds is 6. The maximum Gasteiger partial charge on any atom is 0.271 e. The Bertz CT molecular complexity index is 854. The van der Waals surface area contributed by atoms with E-state index in [0.717, 1.165) is 5.56 Å². The Morgan fingerprint density at radius 1 is 1.28 bits per heavy atom. The first-order valence-electron chi connectivity index (χ1n) is 7.20. The summed E-state index contributed by atoms with van der Waals surface area (Å²) in [4.78, 5) is 22.2. The third kappa shape index (κ3) is 4.87. The number of non-ortho nitro benzene ring substituents is 1. The molecule has 0 heterocycles. The average Bonchev–Trinajstić information content (AvgIpc) is 2.64. The maximum atomic E-state index is 12.0. The third-order valence-corrected chi connectivity index (χ3v) is 3.22. The second-order valence-electron chi connectivity index (χ2n) is 4.92. The molecule has 0 saturated heterocycles. The second-order valence-corrected chi connectivity index (χ2v) is 4.92. The van der Waals surface area contributed by atoms with Crippen LogP contribution in [0.25, 0.3) is 0 Å². The summed E-state index contributed by atoms with van der Waals surface area (Å²) in [6, 6.07) is 14.1.